The highest BCUT2D eigenvalue weighted by Crippen LogP contribution is 2.23. The third-order valence-corrected chi connectivity index (χ3v) is 3.74. The van der Waals surface area contributed by atoms with Gasteiger partial charge in [0.25, 0.3) is 0 Å². The largest absolute Gasteiger partial charge is 0.481 e. The van der Waals surface area contributed by atoms with Crippen LogP contribution in [-0.2, 0) is 11.3 Å². The number of nitrogens with zero attached hydrogens (tertiary/aromatic N) is 3. The van der Waals surface area contributed by atoms with Gasteiger partial charge in [-0.15, -0.1) is 0 Å². The number of pyridine rings is 1. The number of aromatic nitrogens is 3. The van der Waals surface area contributed by atoms with Crippen LogP contribution < -0.4 is 0 Å². The Bertz CT molecular complexity index is 649. The number of hydrogen-bond donors (Lipinski definition) is 1. The van der Waals surface area contributed by atoms with Gasteiger partial charge >= 0.3 is 5.97 Å². The fraction of sp³-hybridized carbons (Fsp3) is 0.357. The van der Waals surface area contributed by atoms with Gasteiger partial charge in [-0.2, -0.15) is 0 Å². The van der Waals surface area contributed by atoms with Crippen molar-refractivity contribution >= 4 is 28.9 Å². The van der Waals surface area contributed by atoms with Crippen molar-refractivity contribution in [1.29, 1.82) is 0 Å². The van der Waals surface area contributed by atoms with Crippen LogP contribution in [0.3, 0.4) is 0 Å². The SMILES string of the molecule is C/C=C/CCn1c(SCC(=O)O)nc2ccc(C)nc21. The lowest BCUT2D eigenvalue weighted by atomic mass is 10.3. The van der Waals surface area contributed by atoms with Crippen LogP contribution in [0.5, 0.6) is 0 Å². The predicted molar refractivity (Wildman–Crippen MR) is 80.1 cm³/mol. The van der Waals surface area contributed by atoms with Crippen LogP contribution in [0, 0.1) is 6.92 Å². The zero-order chi connectivity index (χ0) is 14.5. The van der Waals surface area contributed by atoms with Crippen molar-refractivity contribution in [2.75, 3.05) is 5.75 Å². The number of allylic oxidation sites excluding steroid dienone is 2. The van der Waals surface area contributed by atoms with Crippen molar-refractivity contribution in [1.82, 2.24) is 14.5 Å². The van der Waals surface area contributed by atoms with Crippen LogP contribution in [0.25, 0.3) is 11.2 Å². The molecule has 20 heavy (non-hydrogen) atoms. The highest BCUT2D eigenvalue weighted by Gasteiger charge is 2.13. The van der Waals surface area contributed by atoms with E-state index in [1.165, 1.54) is 11.8 Å². The van der Waals surface area contributed by atoms with Gasteiger partial charge in [-0.25, -0.2) is 9.97 Å². The summed E-state index contributed by atoms with van der Waals surface area (Å²) in [5.41, 5.74) is 2.56. The van der Waals surface area contributed by atoms with Gasteiger partial charge in [0.2, 0.25) is 0 Å². The summed E-state index contributed by atoms with van der Waals surface area (Å²) in [6.45, 7) is 4.67. The molecule has 5 nitrogen and oxygen atoms in total. The Morgan fingerprint density at radius 2 is 2.25 bits per heavy atom. The highest BCUT2D eigenvalue weighted by atomic mass is 32.2. The van der Waals surface area contributed by atoms with E-state index in [0.717, 1.165) is 29.8 Å². The minimum absolute atomic E-state index is 0.00587. The molecule has 2 aromatic rings. The molecule has 0 aliphatic rings. The fourth-order valence-corrected chi connectivity index (χ4v) is 2.63. The number of thioether (sulfide) groups is 1. The van der Waals surface area contributed by atoms with Crippen molar-refractivity contribution in [3.8, 4) is 0 Å². The molecule has 0 unspecified atom stereocenters. The number of aryl methyl sites for hydroxylation is 2. The molecule has 2 aromatic heterocycles. The third-order valence-electron chi connectivity index (χ3n) is 2.78. The van der Waals surface area contributed by atoms with E-state index in [4.69, 9.17) is 5.11 Å². The maximum atomic E-state index is 10.7. The lowest BCUT2D eigenvalue weighted by molar-refractivity contribution is -0.133. The molecule has 0 bridgehead atoms. The molecule has 0 fully saturated rings. The standard InChI is InChI=1S/C14H17N3O2S/c1-3-4-5-8-17-13-11(7-6-10(2)15-13)16-14(17)20-9-12(18)19/h3-4,6-7H,5,8-9H2,1-2H3,(H,18,19)/b4-3+. The average molecular weight is 291 g/mol. The Morgan fingerprint density at radius 1 is 1.45 bits per heavy atom. The van der Waals surface area contributed by atoms with E-state index in [2.05, 4.69) is 16.0 Å². The monoisotopic (exact) mass is 291 g/mol. The van der Waals surface area contributed by atoms with Gasteiger partial charge in [0.15, 0.2) is 10.8 Å². The first-order valence-corrected chi connectivity index (χ1v) is 7.40. The van der Waals surface area contributed by atoms with Crippen molar-refractivity contribution in [2.24, 2.45) is 0 Å². The van der Waals surface area contributed by atoms with E-state index < -0.39 is 5.97 Å². The van der Waals surface area contributed by atoms with Gasteiger partial charge in [-0.1, -0.05) is 23.9 Å². The lowest BCUT2D eigenvalue weighted by Gasteiger charge is -2.06. The van der Waals surface area contributed by atoms with Crippen molar-refractivity contribution in [3.63, 3.8) is 0 Å². The Morgan fingerprint density at radius 3 is 2.95 bits per heavy atom. The second-order valence-electron chi connectivity index (χ2n) is 4.38. The van der Waals surface area contributed by atoms with Crippen LogP contribution in [-0.4, -0.2) is 31.4 Å². The summed E-state index contributed by atoms with van der Waals surface area (Å²) in [7, 11) is 0. The molecule has 2 heterocycles. The second-order valence-corrected chi connectivity index (χ2v) is 5.32. The van der Waals surface area contributed by atoms with Gasteiger partial charge in [0.1, 0.15) is 5.52 Å². The van der Waals surface area contributed by atoms with E-state index in [0.29, 0.717) is 5.16 Å². The van der Waals surface area contributed by atoms with E-state index >= 15 is 0 Å². The molecule has 0 aromatic carbocycles. The summed E-state index contributed by atoms with van der Waals surface area (Å²) in [4.78, 5) is 19.7. The average Bonchev–Trinajstić information content (AvgIpc) is 2.74. The van der Waals surface area contributed by atoms with Gasteiger partial charge in [-0.3, -0.25) is 4.79 Å². The molecule has 0 aliphatic heterocycles. The first-order valence-electron chi connectivity index (χ1n) is 6.41. The Labute approximate surface area is 121 Å². The number of imidazole rings is 1. The van der Waals surface area contributed by atoms with Crippen LogP contribution in [0.1, 0.15) is 19.0 Å². The molecule has 0 amide bonds. The van der Waals surface area contributed by atoms with Gasteiger partial charge in [0.05, 0.1) is 5.75 Å². The molecule has 0 saturated carbocycles. The van der Waals surface area contributed by atoms with Gasteiger partial charge in [-0.05, 0) is 32.4 Å². The maximum absolute atomic E-state index is 10.7. The van der Waals surface area contributed by atoms with E-state index in [9.17, 15) is 4.79 Å². The third kappa shape index (κ3) is 3.39. The summed E-state index contributed by atoms with van der Waals surface area (Å²) >= 11 is 1.23. The molecule has 0 saturated heterocycles. The maximum Gasteiger partial charge on any atom is 0.313 e. The van der Waals surface area contributed by atoms with Crippen molar-refractivity contribution in [3.05, 3.63) is 30.0 Å². The first-order chi connectivity index (χ1) is 9.61. The van der Waals surface area contributed by atoms with Gasteiger partial charge in [0, 0.05) is 12.2 Å². The number of aliphatic carboxylic acids is 1. The first kappa shape index (κ1) is 14.6. The van der Waals surface area contributed by atoms with Crippen LogP contribution in [0.2, 0.25) is 0 Å². The van der Waals surface area contributed by atoms with E-state index in [1.807, 2.05) is 36.6 Å². The fourth-order valence-electron chi connectivity index (χ4n) is 1.88. The molecule has 1 N–H and O–H groups in total. The van der Waals surface area contributed by atoms with Gasteiger partial charge < -0.3 is 9.67 Å². The molecular formula is C14H17N3O2S. The smallest absolute Gasteiger partial charge is 0.313 e. The summed E-state index contributed by atoms with van der Waals surface area (Å²) < 4.78 is 2.00. The minimum atomic E-state index is -0.841. The number of fused-ring (bicyclic) bond motifs is 1. The number of hydrogen-bond acceptors (Lipinski definition) is 4. The Kier molecular flexibility index (Phi) is 4.79. The second kappa shape index (κ2) is 6.56. The lowest BCUT2D eigenvalue weighted by Crippen LogP contribution is -2.04. The molecular weight excluding hydrogens is 274 g/mol. The summed E-state index contributed by atoms with van der Waals surface area (Å²) in [6, 6.07) is 3.84. The molecule has 0 atom stereocenters. The van der Waals surface area contributed by atoms with Crippen LogP contribution in [0.4, 0.5) is 0 Å². The normalized spacial score (nSPS) is 11.5. The molecule has 2 rings (SSSR count). The summed E-state index contributed by atoms with van der Waals surface area (Å²) in [5, 5.41) is 9.53. The predicted octanol–water partition coefficient (Wildman–Crippen LogP) is 2.88. The molecule has 106 valence electrons. The number of carboxylic acids is 1. The van der Waals surface area contributed by atoms with Crippen LogP contribution >= 0.6 is 11.8 Å². The topological polar surface area (TPSA) is 68.0 Å². The van der Waals surface area contributed by atoms with Crippen molar-refractivity contribution in [2.45, 2.75) is 32.0 Å². The molecule has 0 aliphatic carbocycles. The summed E-state index contributed by atoms with van der Waals surface area (Å²) in [5.74, 6) is -0.836. The van der Waals surface area contributed by atoms with E-state index in [1.54, 1.807) is 0 Å². The van der Waals surface area contributed by atoms with Crippen LogP contribution in [0.15, 0.2) is 29.4 Å². The van der Waals surface area contributed by atoms with E-state index in [-0.39, 0.29) is 5.75 Å². The molecule has 0 spiro atoms. The minimum Gasteiger partial charge on any atom is -0.481 e. The Balaban J connectivity index is 2.37. The zero-order valence-corrected chi connectivity index (χ0v) is 12.4. The number of carboxylic acid groups (broad SMARTS) is 1. The molecule has 0 radical (unpaired) electrons. The molecule has 6 heteroatoms. The Hall–Kier alpha value is -1.82. The zero-order valence-electron chi connectivity index (χ0n) is 11.5. The quantitative estimate of drug-likeness (QED) is 0.654. The number of rotatable bonds is 6. The van der Waals surface area contributed by atoms with Crippen molar-refractivity contribution < 1.29 is 9.90 Å². The summed E-state index contributed by atoms with van der Waals surface area (Å²) in [6.07, 6.45) is 4.95. The number of carbonyl (C=O) groups is 1. The highest BCUT2D eigenvalue weighted by molar-refractivity contribution is 7.99.